The van der Waals surface area contributed by atoms with Gasteiger partial charge in [-0.15, -0.1) is 0 Å². The van der Waals surface area contributed by atoms with E-state index in [1.54, 1.807) is 6.20 Å². The average molecular weight is 336 g/mol. The van der Waals surface area contributed by atoms with Crippen LogP contribution in [0.3, 0.4) is 0 Å². The molecule has 4 rings (SSSR count). The molecule has 0 amide bonds. The molecule has 1 aliphatic heterocycles. The fourth-order valence-corrected chi connectivity index (χ4v) is 4.60. The first-order chi connectivity index (χ1) is 12.2. The second kappa shape index (κ2) is 6.96. The van der Waals surface area contributed by atoms with Crippen molar-refractivity contribution in [3.05, 3.63) is 54.2 Å². The summed E-state index contributed by atoms with van der Waals surface area (Å²) in [5.74, 6) is -0.121. The molecule has 25 heavy (non-hydrogen) atoms. The van der Waals surface area contributed by atoms with E-state index in [1.807, 2.05) is 24.3 Å². The molecule has 1 saturated heterocycles. The summed E-state index contributed by atoms with van der Waals surface area (Å²) in [7, 11) is 0. The molecular weight excluding hydrogens is 312 g/mol. The fraction of sp³-hybridized carbons (Fsp3) is 0.429. The lowest BCUT2D eigenvalue weighted by Crippen LogP contribution is -2.41. The molecule has 2 aromatic rings. The minimum atomic E-state index is -0.671. The van der Waals surface area contributed by atoms with Crippen molar-refractivity contribution >= 4 is 5.97 Å². The van der Waals surface area contributed by atoms with Gasteiger partial charge in [-0.3, -0.25) is 14.7 Å². The summed E-state index contributed by atoms with van der Waals surface area (Å²) in [6, 6.07) is 14.4. The number of hydrogen-bond acceptors (Lipinski definition) is 3. The molecule has 2 fully saturated rings. The summed E-state index contributed by atoms with van der Waals surface area (Å²) in [5, 5.41) is 9.69. The second-order valence-electron chi connectivity index (χ2n) is 7.29. The Bertz CT molecular complexity index is 747. The standard InChI is InChI=1S/C21H24N2O2/c24-21(25)20-13-17-7-1-2-10-19(17)23(20)14-15-6-5-8-16(12-15)18-9-3-4-11-22-18/h3-6,8-9,11-12,17,19-20H,1-2,7,10,13-14H2,(H,24,25). The maximum atomic E-state index is 11.8. The zero-order chi connectivity index (χ0) is 17.2. The van der Waals surface area contributed by atoms with E-state index in [9.17, 15) is 9.90 Å². The van der Waals surface area contributed by atoms with Crippen LogP contribution in [0.1, 0.15) is 37.7 Å². The third-order valence-electron chi connectivity index (χ3n) is 5.76. The third-order valence-corrected chi connectivity index (χ3v) is 5.76. The van der Waals surface area contributed by atoms with Gasteiger partial charge in [0.1, 0.15) is 6.04 Å². The zero-order valence-corrected chi connectivity index (χ0v) is 14.3. The van der Waals surface area contributed by atoms with Crippen LogP contribution in [0.15, 0.2) is 48.7 Å². The minimum absolute atomic E-state index is 0.341. The van der Waals surface area contributed by atoms with E-state index in [0.29, 0.717) is 18.5 Å². The number of carboxylic acids is 1. The van der Waals surface area contributed by atoms with Crippen LogP contribution in [0, 0.1) is 5.92 Å². The molecule has 1 saturated carbocycles. The van der Waals surface area contributed by atoms with Crippen LogP contribution in [0.2, 0.25) is 0 Å². The fourth-order valence-electron chi connectivity index (χ4n) is 4.60. The van der Waals surface area contributed by atoms with Gasteiger partial charge in [0.15, 0.2) is 0 Å². The van der Waals surface area contributed by atoms with E-state index in [4.69, 9.17) is 0 Å². The predicted octanol–water partition coefficient (Wildman–Crippen LogP) is 3.97. The molecule has 1 aliphatic carbocycles. The Balaban J connectivity index is 1.59. The monoisotopic (exact) mass is 336 g/mol. The van der Waals surface area contributed by atoms with Crippen LogP contribution in [-0.4, -0.2) is 33.0 Å². The van der Waals surface area contributed by atoms with E-state index >= 15 is 0 Å². The van der Waals surface area contributed by atoms with Crippen LogP contribution in [0.4, 0.5) is 0 Å². The van der Waals surface area contributed by atoms with Gasteiger partial charge in [0, 0.05) is 24.3 Å². The maximum absolute atomic E-state index is 11.8. The van der Waals surface area contributed by atoms with E-state index in [1.165, 1.54) is 24.8 Å². The van der Waals surface area contributed by atoms with Gasteiger partial charge < -0.3 is 5.11 Å². The minimum Gasteiger partial charge on any atom is -0.480 e. The molecule has 3 atom stereocenters. The quantitative estimate of drug-likeness (QED) is 0.918. The number of hydrogen-bond donors (Lipinski definition) is 1. The molecule has 1 aromatic carbocycles. The first kappa shape index (κ1) is 16.3. The predicted molar refractivity (Wildman–Crippen MR) is 97.0 cm³/mol. The first-order valence-corrected chi connectivity index (χ1v) is 9.21. The highest BCUT2D eigenvalue weighted by Crippen LogP contribution is 2.40. The molecular formula is C21H24N2O2. The van der Waals surface area contributed by atoms with Crippen LogP contribution >= 0.6 is 0 Å². The van der Waals surface area contributed by atoms with Gasteiger partial charge in [0.2, 0.25) is 0 Å². The summed E-state index contributed by atoms with van der Waals surface area (Å²) in [6.45, 7) is 0.707. The lowest BCUT2D eigenvalue weighted by atomic mass is 9.84. The van der Waals surface area contributed by atoms with Crippen molar-refractivity contribution in [2.45, 2.75) is 50.7 Å². The Morgan fingerprint density at radius 2 is 2.04 bits per heavy atom. The molecule has 0 radical (unpaired) electrons. The summed E-state index contributed by atoms with van der Waals surface area (Å²) >= 11 is 0. The number of carbonyl (C=O) groups is 1. The van der Waals surface area contributed by atoms with Crippen molar-refractivity contribution in [1.82, 2.24) is 9.88 Å². The zero-order valence-electron chi connectivity index (χ0n) is 14.3. The van der Waals surface area contributed by atoms with Crippen molar-refractivity contribution in [3.63, 3.8) is 0 Å². The second-order valence-corrected chi connectivity index (χ2v) is 7.29. The topological polar surface area (TPSA) is 53.4 Å². The molecule has 4 nitrogen and oxygen atoms in total. The number of pyridine rings is 1. The Kier molecular flexibility index (Phi) is 4.53. The summed E-state index contributed by atoms with van der Waals surface area (Å²) < 4.78 is 0. The Morgan fingerprint density at radius 1 is 1.16 bits per heavy atom. The van der Waals surface area contributed by atoms with Gasteiger partial charge in [0.05, 0.1) is 5.69 Å². The van der Waals surface area contributed by atoms with Gasteiger partial charge >= 0.3 is 5.97 Å². The number of benzene rings is 1. The third kappa shape index (κ3) is 3.31. The smallest absolute Gasteiger partial charge is 0.320 e. The van der Waals surface area contributed by atoms with Gasteiger partial charge in [-0.25, -0.2) is 0 Å². The molecule has 3 unspecified atom stereocenters. The summed E-state index contributed by atoms with van der Waals surface area (Å²) in [4.78, 5) is 18.4. The molecule has 1 aromatic heterocycles. The normalized spacial score (nSPS) is 26.3. The molecule has 4 heteroatoms. The maximum Gasteiger partial charge on any atom is 0.320 e. The van der Waals surface area contributed by atoms with Crippen LogP contribution in [-0.2, 0) is 11.3 Å². The van der Waals surface area contributed by atoms with Crippen molar-refractivity contribution in [3.8, 4) is 11.3 Å². The first-order valence-electron chi connectivity index (χ1n) is 9.21. The molecule has 0 bridgehead atoms. The number of rotatable bonds is 4. The van der Waals surface area contributed by atoms with Gasteiger partial charge in [-0.05, 0) is 48.9 Å². The van der Waals surface area contributed by atoms with E-state index in [0.717, 1.165) is 24.1 Å². The number of nitrogens with zero attached hydrogens (tertiary/aromatic N) is 2. The lowest BCUT2D eigenvalue weighted by molar-refractivity contribution is -0.142. The Morgan fingerprint density at radius 3 is 2.84 bits per heavy atom. The molecule has 1 N–H and O–H groups in total. The van der Waals surface area contributed by atoms with E-state index in [-0.39, 0.29) is 6.04 Å². The van der Waals surface area contributed by atoms with Crippen LogP contribution in [0.5, 0.6) is 0 Å². The van der Waals surface area contributed by atoms with Gasteiger partial charge in [0.25, 0.3) is 0 Å². The highest BCUT2D eigenvalue weighted by molar-refractivity contribution is 5.74. The Hall–Kier alpha value is -2.20. The SMILES string of the molecule is O=C(O)C1CC2CCCCC2N1Cc1cccc(-c2ccccn2)c1. The number of aliphatic carboxylic acids is 1. The molecule has 130 valence electrons. The number of carboxylic acid groups (broad SMARTS) is 1. The largest absolute Gasteiger partial charge is 0.480 e. The average Bonchev–Trinajstić information content (AvgIpc) is 3.02. The molecule has 2 aliphatic rings. The Labute approximate surface area is 148 Å². The highest BCUT2D eigenvalue weighted by Gasteiger charge is 2.44. The van der Waals surface area contributed by atoms with E-state index in [2.05, 4.69) is 28.1 Å². The van der Waals surface area contributed by atoms with Gasteiger partial charge in [-0.1, -0.05) is 37.1 Å². The van der Waals surface area contributed by atoms with Crippen molar-refractivity contribution in [1.29, 1.82) is 0 Å². The highest BCUT2D eigenvalue weighted by atomic mass is 16.4. The number of likely N-dealkylation sites (tertiary alicyclic amines) is 1. The van der Waals surface area contributed by atoms with Crippen molar-refractivity contribution < 1.29 is 9.90 Å². The van der Waals surface area contributed by atoms with Crippen LogP contribution in [0.25, 0.3) is 11.3 Å². The summed E-state index contributed by atoms with van der Waals surface area (Å²) in [5.41, 5.74) is 3.21. The lowest BCUT2D eigenvalue weighted by Gasteiger charge is -2.33. The van der Waals surface area contributed by atoms with Gasteiger partial charge in [-0.2, -0.15) is 0 Å². The van der Waals surface area contributed by atoms with E-state index < -0.39 is 5.97 Å². The number of aromatic nitrogens is 1. The van der Waals surface area contributed by atoms with Crippen molar-refractivity contribution in [2.24, 2.45) is 5.92 Å². The van der Waals surface area contributed by atoms with Crippen molar-refractivity contribution in [2.75, 3.05) is 0 Å². The summed E-state index contributed by atoms with van der Waals surface area (Å²) in [6.07, 6.45) is 7.39. The molecule has 0 spiro atoms. The van der Waals surface area contributed by atoms with Crippen LogP contribution < -0.4 is 0 Å². The number of fused-ring (bicyclic) bond motifs is 1. The molecule has 2 heterocycles.